The highest BCUT2D eigenvalue weighted by Crippen LogP contribution is 2.01. The summed E-state index contributed by atoms with van der Waals surface area (Å²) in [4.78, 5) is 11.6. The van der Waals surface area contributed by atoms with Crippen molar-refractivity contribution in [1.82, 2.24) is 20.8 Å². The van der Waals surface area contributed by atoms with Crippen LogP contribution in [0.3, 0.4) is 0 Å². The molecule has 1 aromatic rings. The van der Waals surface area contributed by atoms with Crippen LogP contribution in [-0.4, -0.2) is 28.2 Å². The van der Waals surface area contributed by atoms with Crippen molar-refractivity contribution in [3.63, 3.8) is 0 Å². The van der Waals surface area contributed by atoms with Gasteiger partial charge in [-0.3, -0.25) is 9.89 Å². The second-order valence-corrected chi connectivity index (χ2v) is 5.22. The second kappa shape index (κ2) is 5.82. The standard InChI is InChI=1S/C12H22N4O/c1-9-10(8-15-16-9)7-13-11(17)5-6-14-12(2,3)4/h8,14H,5-7H2,1-4H3,(H,13,17)(H,15,16). The highest BCUT2D eigenvalue weighted by molar-refractivity contribution is 5.76. The van der Waals surface area contributed by atoms with E-state index in [2.05, 4.69) is 41.6 Å². The first-order valence-corrected chi connectivity index (χ1v) is 5.89. The van der Waals surface area contributed by atoms with Gasteiger partial charge in [-0.05, 0) is 27.7 Å². The van der Waals surface area contributed by atoms with Gasteiger partial charge in [0.1, 0.15) is 0 Å². The molecule has 1 rings (SSSR count). The number of nitrogens with zero attached hydrogens (tertiary/aromatic N) is 1. The van der Waals surface area contributed by atoms with E-state index in [4.69, 9.17) is 0 Å². The Labute approximate surface area is 102 Å². The van der Waals surface area contributed by atoms with E-state index in [1.54, 1.807) is 6.20 Å². The molecule has 0 bridgehead atoms. The van der Waals surface area contributed by atoms with Crippen LogP contribution in [-0.2, 0) is 11.3 Å². The number of aromatic amines is 1. The van der Waals surface area contributed by atoms with E-state index in [9.17, 15) is 4.79 Å². The highest BCUT2D eigenvalue weighted by Gasteiger charge is 2.09. The second-order valence-electron chi connectivity index (χ2n) is 5.22. The van der Waals surface area contributed by atoms with Crippen LogP contribution in [0.4, 0.5) is 0 Å². The lowest BCUT2D eigenvalue weighted by Gasteiger charge is -2.20. The van der Waals surface area contributed by atoms with E-state index in [0.717, 1.165) is 11.3 Å². The van der Waals surface area contributed by atoms with Crippen LogP contribution >= 0.6 is 0 Å². The molecule has 1 amide bonds. The number of aryl methyl sites for hydroxylation is 1. The lowest BCUT2D eigenvalue weighted by atomic mass is 10.1. The van der Waals surface area contributed by atoms with Gasteiger partial charge in [0.25, 0.3) is 0 Å². The van der Waals surface area contributed by atoms with E-state index in [1.807, 2.05) is 6.92 Å². The third-order valence-electron chi connectivity index (χ3n) is 2.42. The fourth-order valence-electron chi connectivity index (χ4n) is 1.39. The maximum Gasteiger partial charge on any atom is 0.221 e. The number of amides is 1. The molecule has 3 N–H and O–H groups in total. The Morgan fingerprint density at radius 1 is 1.47 bits per heavy atom. The Hall–Kier alpha value is -1.36. The topological polar surface area (TPSA) is 69.8 Å². The molecule has 0 aliphatic heterocycles. The Morgan fingerprint density at radius 2 is 2.18 bits per heavy atom. The normalized spacial score (nSPS) is 11.5. The molecule has 0 saturated heterocycles. The monoisotopic (exact) mass is 238 g/mol. The van der Waals surface area contributed by atoms with Crippen LogP contribution in [0, 0.1) is 6.92 Å². The summed E-state index contributed by atoms with van der Waals surface area (Å²) < 4.78 is 0. The molecule has 1 aromatic heterocycles. The maximum atomic E-state index is 11.6. The summed E-state index contributed by atoms with van der Waals surface area (Å²) in [5.41, 5.74) is 2.08. The largest absolute Gasteiger partial charge is 0.352 e. The van der Waals surface area contributed by atoms with Gasteiger partial charge in [0.15, 0.2) is 0 Å². The van der Waals surface area contributed by atoms with Gasteiger partial charge in [0, 0.05) is 36.3 Å². The number of carbonyl (C=O) groups excluding carboxylic acids is 1. The molecule has 0 unspecified atom stereocenters. The van der Waals surface area contributed by atoms with Crippen LogP contribution < -0.4 is 10.6 Å². The van der Waals surface area contributed by atoms with E-state index >= 15 is 0 Å². The lowest BCUT2D eigenvalue weighted by Crippen LogP contribution is -2.38. The molecule has 5 heteroatoms. The lowest BCUT2D eigenvalue weighted by molar-refractivity contribution is -0.121. The first kappa shape index (κ1) is 13.7. The number of rotatable bonds is 5. The first-order valence-electron chi connectivity index (χ1n) is 5.89. The van der Waals surface area contributed by atoms with Gasteiger partial charge in [0.05, 0.1) is 6.20 Å². The first-order chi connectivity index (χ1) is 7.88. The Bertz CT molecular complexity index is 365. The zero-order valence-corrected chi connectivity index (χ0v) is 11.1. The van der Waals surface area contributed by atoms with Gasteiger partial charge in [-0.25, -0.2) is 0 Å². The molecule has 1 heterocycles. The Kier molecular flexibility index (Phi) is 4.69. The Balaban J connectivity index is 2.20. The van der Waals surface area contributed by atoms with E-state index in [0.29, 0.717) is 19.5 Å². The average molecular weight is 238 g/mol. The van der Waals surface area contributed by atoms with Crippen molar-refractivity contribution in [2.75, 3.05) is 6.54 Å². The number of carbonyl (C=O) groups is 1. The summed E-state index contributed by atoms with van der Waals surface area (Å²) in [6.45, 7) is 9.42. The van der Waals surface area contributed by atoms with Gasteiger partial charge in [-0.1, -0.05) is 0 Å². The van der Waals surface area contributed by atoms with E-state index < -0.39 is 0 Å². The third-order valence-corrected chi connectivity index (χ3v) is 2.42. The van der Waals surface area contributed by atoms with Crippen molar-refractivity contribution in [1.29, 1.82) is 0 Å². The minimum absolute atomic E-state index is 0.0570. The van der Waals surface area contributed by atoms with Gasteiger partial charge < -0.3 is 10.6 Å². The third kappa shape index (κ3) is 5.49. The molecule has 17 heavy (non-hydrogen) atoms. The molecule has 0 fully saturated rings. The molecule has 5 nitrogen and oxygen atoms in total. The maximum absolute atomic E-state index is 11.6. The summed E-state index contributed by atoms with van der Waals surface area (Å²) in [5, 5.41) is 12.9. The van der Waals surface area contributed by atoms with Crippen molar-refractivity contribution >= 4 is 5.91 Å². The zero-order valence-electron chi connectivity index (χ0n) is 11.1. The highest BCUT2D eigenvalue weighted by atomic mass is 16.1. The number of H-pyrrole nitrogens is 1. The smallest absolute Gasteiger partial charge is 0.221 e. The van der Waals surface area contributed by atoms with Gasteiger partial charge in [0.2, 0.25) is 5.91 Å². The summed E-state index contributed by atoms with van der Waals surface area (Å²) in [6.07, 6.45) is 2.23. The molecule has 0 spiro atoms. The van der Waals surface area contributed by atoms with E-state index in [1.165, 1.54) is 0 Å². The quantitative estimate of drug-likeness (QED) is 0.719. The molecule has 0 saturated carbocycles. The van der Waals surface area contributed by atoms with Crippen molar-refractivity contribution in [2.45, 2.75) is 46.2 Å². The van der Waals surface area contributed by atoms with Crippen LogP contribution in [0.15, 0.2) is 6.20 Å². The summed E-state index contributed by atoms with van der Waals surface area (Å²) in [6, 6.07) is 0. The van der Waals surface area contributed by atoms with E-state index in [-0.39, 0.29) is 11.4 Å². The van der Waals surface area contributed by atoms with Crippen molar-refractivity contribution in [3.05, 3.63) is 17.5 Å². The molecular weight excluding hydrogens is 216 g/mol. The average Bonchev–Trinajstić information content (AvgIpc) is 2.59. The zero-order chi connectivity index (χ0) is 12.9. The number of nitrogens with one attached hydrogen (secondary N) is 3. The van der Waals surface area contributed by atoms with Crippen molar-refractivity contribution in [2.24, 2.45) is 0 Å². The van der Waals surface area contributed by atoms with Crippen LogP contribution in [0.5, 0.6) is 0 Å². The molecule has 0 atom stereocenters. The number of aromatic nitrogens is 2. The number of hydrogen-bond acceptors (Lipinski definition) is 3. The SMILES string of the molecule is Cc1[nH]ncc1CNC(=O)CCNC(C)(C)C. The molecule has 0 aliphatic rings. The molecule has 0 radical (unpaired) electrons. The van der Waals surface area contributed by atoms with Gasteiger partial charge in [-0.15, -0.1) is 0 Å². The van der Waals surface area contributed by atoms with Crippen LogP contribution in [0.25, 0.3) is 0 Å². The fourth-order valence-corrected chi connectivity index (χ4v) is 1.39. The summed E-state index contributed by atoms with van der Waals surface area (Å²) >= 11 is 0. The molecule has 96 valence electrons. The van der Waals surface area contributed by atoms with Crippen LogP contribution in [0.2, 0.25) is 0 Å². The fraction of sp³-hybridized carbons (Fsp3) is 0.667. The molecular formula is C12H22N4O. The molecule has 0 aliphatic carbocycles. The van der Waals surface area contributed by atoms with Crippen molar-refractivity contribution < 1.29 is 4.79 Å². The summed E-state index contributed by atoms with van der Waals surface area (Å²) in [5.74, 6) is 0.0577. The number of hydrogen-bond donors (Lipinski definition) is 3. The van der Waals surface area contributed by atoms with Gasteiger partial charge >= 0.3 is 0 Å². The summed E-state index contributed by atoms with van der Waals surface area (Å²) in [7, 11) is 0. The van der Waals surface area contributed by atoms with Gasteiger partial charge in [-0.2, -0.15) is 5.10 Å². The van der Waals surface area contributed by atoms with Crippen LogP contribution in [0.1, 0.15) is 38.4 Å². The predicted molar refractivity (Wildman–Crippen MR) is 67.5 cm³/mol. The van der Waals surface area contributed by atoms with Crippen molar-refractivity contribution in [3.8, 4) is 0 Å². The predicted octanol–water partition coefficient (Wildman–Crippen LogP) is 1.11. The minimum atomic E-state index is 0.0570. The Morgan fingerprint density at radius 3 is 2.71 bits per heavy atom. The molecule has 0 aromatic carbocycles. The minimum Gasteiger partial charge on any atom is -0.352 e.